The summed E-state index contributed by atoms with van der Waals surface area (Å²) in [5.41, 5.74) is 1.45. The summed E-state index contributed by atoms with van der Waals surface area (Å²) in [4.78, 5) is 1.41. The third-order valence-electron chi connectivity index (χ3n) is 1.53. The van der Waals surface area contributed by atoms with Crippen molar-refractivity contribution in [3.63, 3.8) is 0 Å². The van der Waals surface area contributed by atoms with E-state index in [1.54, 1.807) is 10.8 Å². The molecule has 0 saturated carbocycles. The van der Waals surface area contributed by atoms with Gasteiger partial charge in [-0.2, -0.15) is 0 Å². The molecule has 0 bridgehead atoms. The first-order chi connectivity index (χ1) is 5.38. The predicted molar refractivity (Wildman–Crippen MR) is 55.2 cm³/mol. The van der Waals surface area contributed by atoms with Crippen LogP contribution in [0.15, 0.2) is 29.2 Å². The molecular weight excluding hydrogens is 172 g/mol. The first kappa shape index (κ1) is 9.01. The Balaban J connectivity index is 2.83. The van der Waals surface area contributed by atoms with E-state index in [1.807, 2.05) is 10.8 Å². The summed E-state index contributed by atoms with van der Waals surface area (Å²) in [6.45, 7) is 2.19. The quantitative estimate of drug-likeness (QED) is 0.658. The van der Waals surface area contributed by atoms with Crippen LogP contribution < -0.4 is 0 Å². The van der Waals surface area contributed by atoms with Crippen LogP contribution in [0.2, 0.25) is 0 Å². The summed E-state index contributed by atoms with van der Waals surface area (Å²) in [7, 11) is 3.64. The van der Waals surface area contributed by atoms with E-state index in [2.05, 4.69) is 37.4 Å². The summed E-state index contributed by atoms with van der Waals surface area (Å²) in [5.74, 6) is 0. The van der Waals surface area contributed by atoms with Gasteiger partial charge in [-0.25, -0.2) is 0 Å². The van der Waals surface area contributed by atoms with Crippen LogP contribution in [0.3, 0.4) is 0 Å². The van der Waals surface area contributed by atoms with Crippen LogP contribution in [0.5, 0.6) is 0 Å². The summed E-state index contributed by atoms with van der Waals surface area (Å²) >= 11 is 0. The molecule has 2 heteroatoms. The van der Waals surface area contributed by atoms with Crippen LogP contribution in [-0.4, -0.2) is 6.26 Å². The molecule has 1 aromatic rings. The zero-order valence-corrected chi connectivity index (χ0v) is 8.47. The maximum absolute atomic E-state index is 2.19. The molecule has 0 saturated heterocycles. The van der Waals surface area contributed by atoms with Gasteiger partial charge in [-0.1, -0.05) is 46.7 Å². The Morgan fingerprint density at radius 3 is 2.64 bits per heavy atom. The summed E-state index contributed by atoms with van der Waals surface area (Å²) in [6, 6.07) is 8.57. The smallest absolute Gasteiger partial charge is 0.0214 e. The van der Waals surface area contributed by atoms with Crippen molar-refractivity contribution in [1.82, 2.24) is 0 Å². The molecule has 0 aliphatic rings. The molecule has 0 aliphatic heterocycles. The fraction of sp³-hybridized carbons (Fsp3) is 0.333. The Kier molecular flexibility index (Phi) is 3.87. The minimum absolute atomic E-state index is 1.13. The number of rotatable bonds is 3. The SMILES string of the molecule is CCc1ccccc1SSC. The van der Waals surface area contributed by atoms with Gasteiger partial charge < -0.3 is 0 Å². The van der Waals surface area contributed by atoms with Crippen LogP contribution in [0, 0.1) is 0 Å². The van der Waals surface area contributed by atoms with Crippen molar-refractivity contribution in [2.75, 3.05) is 6.26 Å². The summed E-state index contributed by atoms with van der Waals surface area (Å²) in [6.07, 6.45) is 3.24. The second-order valence-electron chi connectivity index (χ2n) is 2.21. The molecular formula is C9H12S2. The van der Waals surface area contributed by atoms with Crippen LogP contribution in [0.4, 0.5) is 0 Å². The molecule has 11 heavy (non-hydrogen) atoms. The van der Waals surface area contributed by atoms with E-state index >= 15 is 0 Å². The molecule has 0 atom stereocenters. The summed E-state index contributed by atoms with van der Waals surface area (Å²) in [5, 5.41) is 0. The van der Waals surface area contributed by atoms with Gasteiger partial charge in [-0.3, -0.25) is 0 Å². The van der Waals surface area contributed by atoms with Gasteiger partial charge in [0.05, 0.1) is 0 Å². The lowest BCUT2D eigenvalue weighted by atomic mass is 10.2. The van der Waals surface area contributed by atoms with E-state index in [4.69, 9.17) is 0 Å². The number of hydrogen-bond donors (Lipinski definition) is 0. The van der Waals surface area contributed by atoms with Crippen LogP contribution in [0.1, 0.15) is 12.5 Å². The maximum atomic E-state index is 2.19. The van der Waals surface area contributed by atoms with Crippen molar-refractivity contribution in [3.8, 4) is 0 Å². The van der Waals surface area contributed by atoms with Crippen molar-refractivity contribution in [3.05, 3.63) is 29.8 Å². The molecule has 0 fully saturated rings. The lowest BCUT2D eigenvalue weighted by Crippen LogP contribution is -1.81. The van der Waals surface area contributed by atoms with Gasteiger partial charge in [0.1, 0.15) is 0 Å². The zero-order valence-electron chi connectivity index (χ0n) is 6.83. The molecule has 1 aromatic carbocycles. The second kappa shape index (κ2) is 4.73. The molecule has 0 unspecified atom stereocenters. The average molecular weight is 184 g/mol. The first-order valence-electron chi connectivity index (χ1n) is 3.67. The average Bonchev–Trinajstić information content (AvgIpc) is 2.06. The van der Waals surface area contributed by atoms with Gasteiger partial charge in [-0.15, -0.1) is 0 Å². The minimum Gasteiger partial charge on any atom is -0.0924 e. The largest absolute Gasteiger partial charge is 0.0924 e. The van der Waals surface area contributed by atoms with E-state index < -0.39 is 0 Å². The normalized spacial score (nSPS) is 10.0. The molecule has 0 heterocycles. The van der Waals surface area contributed by atoms with E-state index in [9.17, 15) is 0 Å². The van der Waals surface area contributed by atoms with Crippen molar-refractivity contribution in [1.29, 1.82) is 0 Å². The van der Waals surface area contributed by atoms with E-state index in [-0.39, 0.29) is 0 Å². The highest BCUT2D eigenvalue weighted by molar-refractivity contribution is 8.76. The van der Waals surface area contributed by atoms with Crippen LogP contribution in [0.25, 0.3) is 0 Å². The van der Waals surface area contributed by atoms with Crippen LogP contribution in [-0.2, 0) is 6.42 Å². The van der Waals surface area contributed by atoms with Crippen molar-refractivity contribution in [2.24, 2.45) is 0 Å². The summed E-state index contributed by atoms with van der Waals surface area (Å²) < 4.78 is 0. The zero-order chi connectivity index (χ0) is 8.10. The Hall–Kier alpha value is -0.0800. The Labute approximate surface area is 76.2 Å². The van der Waals surface area contributed by atoms with E-state index in [0.717, 1.165) is 6.42 Å². The molecule has 1 rings (SSSR count). The highest BCUT2D eigenvalue weighted by Crippen LogP contribution is 2.31. The molecule has 0 spiro atoms. The van der Waals surface area contributed by atoms with Gasteiger partial charge in [0, 0.05) is 4.90 Å². The van der Waals surface area contributed by atoms with Gasteiger partial charge in [-0.05, 0) is 24.3 Å². The topological polar surface area (TPSA) is 0 Å². The Morgan fingerprint density at radius 2 is 2.00 bits per heavy atom. The molecule has 0 aromatic heterocycles. The highest BCUT2D eigenvalue weighted by Gasteiger charge is 1.97. The van der Waals surface area contributed by atoms with Crippen molar-refractivity contribution in [2.45, 2.75) is 18.2 Å². The second-order valence-corrected chi connectivity index (χ2v) is 4.65. The monoisotopic (exact) mass is 184 g/mol. The van der Waals surface area contributed by atoms with Crippen LogP contribution >= 0.6 is 21.6 Å². The Morgan fingerprint density at radius 1 is 1.27 bits per heavy atom. The van der Waals surface area contributed by atoms with Gasteiger partial charge >= 0.3 is 0 Å². The molecule has 0 aliphatic carbocycles. The number of aryl methyl sites for hydroxylation is 1. The van der Waals surface area contributed by atoms with E-state index in [0.29, 0.717) is 0 Å². The fourth-order valence-electron chi connectivity index (χ4n) is 0.967. The fourth-order valence-corrected chi connectivity index (χ4v) is 2.63. The standard InChI is InChI=1S/C9H12S2/c1-3-8-6-4-5-7-9(8)11-10-2/h4-7H,3H2,1-2H3. The molecule has 0 amide bonds. The number of benzene rings is 1. The lowest BCUT2D eigenvalue weighted by molar-refractivity contribution is 1.08. The first-order valence-corrected chi connectivity index (χ1v) is 6.23. The molecule has 0 nitrogen and oxygen atoms in total. The number of hydrogen-bond acceptors (Lipinski definition) is 2. The third kappa shape index (κ3) is 2.46. The van der Waals surface area contributed by atoms with Crippen molar-refractivity contribution >= 4 is 21.6 Å². The van der Waals surface area contributed by atoms with Gasteiger partial charge in [0.25, 0.3) is 0 Å². The Bertz CT molecular complexity index is 221. The highest BCUT2D eigenvalue weighted by atomic mass is 33.1. The van der Waals surface area contributed by atoms with Gasteiger partial charge in [0.2, 0.25) is 0 Å². The lowest BCUT2D eigenvalue weighted by Gasteiger charge is -2.03. The van der Waals surface area contributed by atoms with E-state index in [1.165, 1.54) is 10.5 Å². The molecule has 0 N–H and O–H groups in total. The molecule has 60 valence electrons. The van der Waals surface area contributed by atoms with Gasteiger partial charge in [0.15, 0.2) is 0 Å². The molecule has 0 radical (unpaired) electrons. The maximum Gasteiger partial charge on any atom is 0.0214 e. The third-order valence-corrected chi connectivity index (χ3v) is 3.31. The minimum atomic E-state index is 1.13. The van der Waals surface area contributed by atoms with Crippen molar-refractivity contribution < 1.29 is 0 Å². The predicted octanol–water partition coefficient (Wildman–Crippen LogP) is 3.62.